The summed E-state index contributed by atoms with van der Waals surface area (Å²) in [6, 6.07) is 0. The monoisotopic (exact) mass is 243 g/mol. The van der Waals surface area contributed by atoms with E-state index >= 15 is 0 Å². The smallest absolute Gasteiger partial charge is 0.332 e. The van der Waals surface area contributed by atoms with E-state index in [1.807, 2.05) is 12.3 Å². The zero-order valence-corrected chi connectivity index (χ0v) is 9.58. The van der Waals surface area contributed by atoms with E-state index in [-0.39, 0.29) is 18.9 Å². The fraction of sp³-hybridized carbons (Fsp3) is 0.400. The number of aryl methyl sites for hydroxylation is 1. The number of aliphatic carboxylic acids is 1. The van der Waals surface area contributed by atoms with E-state index in [0.29, 0.717) is 5.56 Å². The fourth-order valence-corrected chi connectivity index (χ4v) is 1.96. The molecule has 1 heterocycles. The second-order valence-corrected chi connectivity index (χ2v) is 4.11. The third-order valence-electron chi connectivity index (χ3n) is 2.09. The number of carbonyl (C=O) groups is 2. The molecule has 1 rings (SSSR count). The Kier molecular flexibility index (Phi) is 4.45. The summed E-state index contributed by atoms with van der Waals surface area (Å²) in [7, 11) is 0. The Labute approximate surface area is 96.7 Å². The molecule has 0 radical (unpaired) electrons. The quantitative estimate of drug-likeness (QED) is 0.707. The predicted molar refractivity (Wildman–Crippen MR) is 59.6 cm³/mol. The van der Waals surface area contributed by atoms with Gasteiger partial charge in [-0.3, -0.25) is 4.79 Å². The standard InChI is InChI=1S/C10H13NO4S/c1-6-4-16-5-7(6)9(13)11-3-2-8(12)10(14)15/h4-5,8,12H,2-3H2,1H3,(H,11,13)(H,14,15)/t8-/m0/s1. The second kappa shape index (κ2) is 5.62. The number of aliphatic hydroxyl groups excluding tert-OH is 1. The number of aliphatic hydroxyl groups is 1. The van der Waals surface area contributed by atoms with E-state index < -0.39 is 12.1 Å². The summed E-state index contributed by atoms with van der Waals surface area (Å²) in [6.45, 7) is 1.97. The van der Waals surface area contributed by atoms with Gasteiger partial charge in [0.2, 0.25) is 0 Å². The molecule has 0 aliphatic rings. The van der Waals surface area contributed by atoms with Crippen LogP contribution in [0.3, 0.4) is 0 Å². The van der Waals surface area contributed by atoms with Crippen molar-refractivity contribution in [2.45, 2.75) is 19.4 Å². The van der Waals surface area contributed by atoms with Crippen LogP contribution in [-0.4, -0.2) is 34.7 Å². The Hall–Kier alpha value is -1.40. The molecular weight excluding hydrogens is 230 g/mol. The maximum absolute atomic E-state index is 11.5. The molecule has 16 heavy (non-hydrogen) atoms. The highest BCUT2D eigenvalue weighted by molar-refractivity contribution is 7.08. The van der Waals surface area contributed by atoms with E-state index in [1.54, 1.807) is 5.38 Å². The van der Waals surface area contributed by atoms with Crippen molar-refractivity contribution >= 4 is 23.2 Å². The van der Waals surface area contributed by atoms with Gasteiger partial charge in [0.1, 0.15) is 0 Å². The SMILES string of the molecule is Cc1cscc1C(=O)NCC[C@H](O)C(=O)O. The molecule has 0 saturated heterocycles. The number of carboxylic acid groups (broad SMARTS) is 1. The van der Waals surface area contributed by atoms with Gasteiger partial charge in [0, 0.05) is 18.3 Å². The van der Waals surface area contributed by atoms with E-state index in [4.69, 9.17) is 10.2 Å². The van der Waals surface area contributed by atoms with Crippen molar-refractivity contribution in [3.63, 3.8) is 0 Å². The number of hydrogen-bond acceptors (Lipinski definition) is 4. The van der Waals surface area contributed by atoms with Gasteiger partial charge in [-0.1, -0.05) is 0 Å². The van der Waals surface area contributed by atoms with Gasteiger partial charge >= 0.3 is 5.97 Å². The van der Waals surface area contributed by atoms with Gasteiger partial charge in [0.05, 0.1) is 5.56 Å². The molecule has 0 bridgehead atoms. The summed E-state index contributed by atoms with van der Waals surface area (Å²) in [6.07, 6.45) is -1.42. The average Bonchev–Trinajstić information content (AvgIpc) is 2.64. The first-order valence-corrected chi connectivity index (χ1v) is 5.68. The maximum atomic E-state index is 11.5. The number of amides is 1. The van der Waals surface area contributed by atoms with Crippen molar-refractivity contribution in [1.29, 1.82) is 0 Å². The minimum absolute atomic E-state index is 0.00422. The van der Waals surface area contributed by atoms with Crippen LogP contribution in [0.4, 0.5) is 0 Å². The Morgan fingerprint density at radius 2 is 2.19 bits per heavy atom. The maximum Gasteiger partial charge on any atom is 0.332 e. The normalized spacial score (nSPS) is 12.1. The highest BCUT2D eigenvalue weighted by Gasteiger charge is 2.14. The molecule has 0 unspecified atom stereocenters. The van der Waals surface area contributed by atoms with Crippen LogP contribution < -0.4 is 5.32 Å². The Morgan fingerprint density at radius 3 is 2.69 bits per heavy atom. The third kappa shape index (κ3) is 3.32. The fourth-order valence-electron chi connectivity index (χ4n) is 1.13. The topological polar surface area (TPSA) is 86.6 Å². The number of rotatable bonds is 5. The lowest BCUT2D eigenvalue weighted by Crippen LogP contribution is -2.30. The highest BCUT2D eigenvalue weighted by atomic mass is 32.1. The minimum atomic E-state index is -1.43. The summed E-state index contributed by atoms with van der Waals surface area (Å²) in [4.78, 5) is 21.8. The molecule has 0 aliphatic carbocycles. The molecule has 88 valence electrons. The number of thiophene rings is 1. The van der Waals surface area contributed by atoms with Crippen LogP contribution in [0.2, 0.25) is 0 Å². The Bertz CT molecular complexity index is 388. The van der Waals surface area contributed by atoms with Crippen LogP contribution in [0.15, 0.2) is 10.8 Å². The lowest BCUT2D eigenvalue weighted by atomic mass is 10.2. The molecule has 0 fully saturated rings. The van der Waals surface area contributed by atoms with Gasteiger partial charge in [-0.2, -0.15) is 11.3 Å². The van der Waals surface area contributed by atoms with Crippen molar-refractivity contribution in [3.05, 3.63) is 21.9 Å². The first-order chi connectivity index (χ1) is 7.52. The van der Waals surface area contributed by atoms with E-state index in [2.05, 4.69) is 5.32 Å². The van der Waals surface area contributed by atoms with Gasteiger partial charge < -0.3 is 15.5 Å². The average molecular weight is 243 g/mol. The zero-order chi connectivity index (χ0) is 12.1. The van der Waals surface area contributed by atoms with E-state index in [9.17, 15) is 9.59 Å². The molecule has 1 atom stereocenters. The van der Waals surface area contributed by atoms with Crippen LogP contribution in [0.25, 0.3) is 0 Å². The van der Waals surface area contributed by atoms with Crippen LogP contribution in [-0.2, 0) is 4.79 Å². The van der Waals surface area contributed by atoms with E-state index in [0.717, 1.165) is 5.56 Å². The number of hydrogen-bond donors (Lipinski definition) is 3. The second-order valence-electron chi connectivity index (χ2n) is 3.37. The number of nitrogens with one attached hydrogen (secondary N) is 1. The van der Waals surface area contributed by atoms with Gasteiger partial charge in [-0.15, -0.1) is 0 Å². The van der Waals surface area contributed by atoms with Gasteiger partial charge in [0.25, 0.3) is 5.91 Å². The molecule has 3 N–H and O–H groups in total. The molecule has 1 aromatic rings. The Balaban J connectivity index is 2.37. The van der Waals surface area contributed by atoms with Crippen LogP contribution in [0.1, 0.15) is 22.3 Å². The van der Waals surface area contributed by atoms with Gasteiger partial charge in [0.15, 0.2) is 6.10 Å². The zero-order valence-electron chi connectivity index (χ0n) is 8.77. The molecule has 0 saturated carbocycles. The van der Waals surface area contributed by atoms with Crippen molar-refractivity contribution in [2.75, 3.05) is 6.54 Å². The highest BCUT2D eigenvalue weighted by Crippen LogP contribution is 2.13. The minimum Gasteiger partial charge on any atom is -0.479 e. The molecule has 0 aromatic carbocycles. The van der Waals surface area contributed by atoms with Crippen molar-refractivity contribution in [2.24, 2.45) is 0 Å². The third-order valence-corrected chi connectivity index (χ3v) is 2.95. The molecule has 6 heteroatoms. The van der Waals surface area contributed by atoms with Crippen molar-refractivity contribution in [3.8, 4) is 0 Å². The van der Waals surface area contributed by atoms with Crippen LogP contribution >= 0.6 is 11.3 Å². The lowest BCUT2D eigenvalue weighted by molar-refractivity contribution is -0.146. The van der Waals surface area contributed by atoms with Crippen molar-refractivity contribution in [1.82, 2.24) is 5.32 Å². The van der Waals surface area contributed by atoms with Crippen molar-refractivity contribution < 1.29 is 19.8 Å². The molecular formula is C10H13NO4S. The molecule has 0 aliphatic heterocycles. The summed E-state index contributed by atoms with van der Waals surface area (Å²) in [5.74, 6) is -1.52. The largest absolute Gasteiger partial charge is 0.479 e. The van der Waals surface area contributed by atoms with E-state index in [1.165, 1.54) is 11.3 Å². The van der Waals surface area contributed by atoms with Gasteiger partial charge in [-0.25, -0.2) is 4.79 Å². The summed E-state index contributed by atoms with van der Waals surface area (Å²) in [5, 5.41) is 23.5. The lowest BCUT2D eigenvalue weighted by Gasteiger charge is -2.06. The summed E-state index contributed by atoms with van der Waals surface area (Å²) < 4.78 is 0. The predicted octanol–water partition coefficient (Wildman–Crippen LogP) is 0.622. The number of carbonyl (C=O) groups excluding carboxylic acids is 1. The van der Waals surface area contributed by atoms with Crippen LogP contribution in [0, 0.1) is 6.92 Å². The Morgan fingerprint density at radius 1 is 1.50 bits per heavy atom. The summed E-state index contributed by atoms with van der Waals surface area (Å²) >= 11 is 1.43. The molecule has 1 aromatic heterocycles. The first kappa shape index (κ1) is 12.7. The summed E-state index contributed by atoms with van der Waals surface area (Å²) in [5.41, 5.74) is 1.48. The molecule has 0 spiro atoms. The first-order valence-electron chi connectivity index (χ1n) is 4.74. The molecule has 1 amide bonds. The number of carboxylic acids is 1. The molecule has 5 nitrogen and oxygen atoms in total. The van der Waals surface area contributed by atoms with Crippen LogP contribution in [0.5, 0.6) is 0 Å². The van der Waals surface area contributed by atoms with Gasteiger partial charge in [-0.05, 0) is 17.9 Å².